The molecule has 12 rings (SSSR count). The standard InChI is InChI=1S/C20H20N6O2.C18H18N6O2S/c27-26(28)20-5-4-17(11-21-20)15-2-1-3-16(10-15)18-12-25(23-22-18)19-13-24-8-6-14(19)7-9-24;25-24(26)18-4-1-13(9-19-18)16-2-3-17(27-16)14-10-23(21-20-14)15-11-22-7-5-12(15)6-8-22/h1-5,10-12,14,19H,6-9,13H2;1-4,9-10,12,15H,5-8,11H2/t19-;15-/m00/s1. The van der Waals surface area contributed by atoms with Crippen LogP contribution in [0.4, 0.5) is 11.6 Å². The van der Waals surface area contributed by atoms with Crippen LogP contribution in [0.1, 0.15) is 37.8 Å². The topological polar surface area (TPSA) is 180 Å². The van der Waals surface area contributed by atoms with Gasteiger partial charge in [-0.3, -0.25) is 0 Å². The van der Waals surface area contributed by atoms with Crippen molar-refractivity contribution in [2.24, 2.45) is 11.8 Å². The van der Waals surface area contributed by atoms with E-state index in [4.69, 9.17) is 0 Å². The van der Waals surface area contributed by atoms with E-state index < -0.39 is 9.85 Å². The van der Waals surface area contributed by atoms with Crippen molar-refractivity contribution in [1.82, 2.24) is 49.8 Å². The zero-order valence-corrected chi connectivity index (χ0v) is 30.7. The molecule has 55 heavy (non-hydrogen) atoms. The van der Waals surface area contributed by atoms with Crippen LogP contribution in [0.5, 0.6) is 0 Å². The zero-order chi connectivity index (χ0) is 37.5. The van der Waals surface area contributed by atoms with E-state index >= 15 is 0 Å². The SMILES string of the molecule is O=[N+]([O-])c1ccc(-c2ccc(-c3cn([C@H]4CN5CCC4CC5)nn3)s2)cn1.O=[N+]([O-])c1ccc(-c2cccc(-c3cn([C@H]4CN5CCC4CC5)nn3)c2)cn1. The van der Waals surface area contributed by atoms with E-state index in [1.54, 1.807) is 23.5 Å². The summed E-state index contributed by atoms with van der Waals surface area (Å²) in [6.07, 6.45) is 12.1. The molecule has 280 valence electrons. The van der Waals surface area contributed by atoms with Gasteiger partial charge in [0.1, 0.15) is 23.8 Å². The average molecular weight is 759 g/mol. The third-order valence-corrected chi connectivity index (χ3v) is 12.6. The number of fused-ring (bicyclic) bond motifs is 6. The predicted octanol–water partition coefficient (Wildman–Crippen LogP) is 6.43. The van der Waals surface area contributed by atoms with E-state index in [1.807, 2.05) is 52.0 Å². The predicted molar refractivity (Wildman–Crippen MR) is 205 cm³/mol. The Hall–Kier alpha value is -5.78. The summed E-state index contributed by atoms with van der Waals surface area (Å²) in [4.78, 5) is 35.4. The minimum absolute atomic E-state index is 0.143. The van der Waals surface area contributed by atoms with Crippen LogP contribution in [0.25, 0.3) is 43.4 Å². The number of hydrogen-bond donors (Lipinski definition) is 0. The van der Waals surface area contributed by atoms with Gasteiger partial charge in [0, 0.05) is 46.8 Å². The van der Waals surface area contributed by atoms with E-state index in [0.717, 1.165) is 56.5 Å². The van der Waals surface area contributed by atoms with E-state index in [9.17, 15) is 20.2 Å². The third-order valence-electron chi connectivity index (χ3n) is 11.4. The van der Waals surface area contributed by atoms with E-state index in [1.165, 1.54) is 76.4 Å². The van der Waals surface area contributed by atoms with Crippen LogP contribution in [0.3, 0.4) is 0 Å². The highest BCUT2D eigenvalue weighted by Gasteiger charge is 2.37. The lowest BCUT2D eigenvalue weighted by atomic mass is 9.84. The van der Waals surface area contributed by atoms with Crippen molar-refractivity contribution >= 4 is 23.0 Å². The number of hydrogen-bond acceptors (Lipinski definition) is 13. The van der Waals surface area contributed by atoms with Gasteiger partial charge in [0.2, 0.25) is 0 Å². The van der Waals surface area contributed by atoms with Crippen LogP contribution in [0, 0.1) is 32.1 Å². The summed E-state index contributed by atoms with van der Waals surface area (Å²) in [5.74, 6) is 1.10. The maximum absolute atomic E-state index is 10.8. The average Bonchev–Trinajstić information content (AvgIpc) is 4.05. The lowest BCUT2D eigenvalue weighted by molar-refractivity contribution is -0.389. The molecule has 6 aliphatic rings. The van der Waals surface area contributed by atoms with Crippen molar-refractivity contribution < 1.29 is 9.85 Å². The summed E-state index contributed by atoms with van der Waals surface area (Å²) in [7, 11) is 0. The quantitative estimate of drug-likeness (QED) is 0.123. The molecule has 17 heteroatoms. The molecule has 2 atom stereocenters. The first-order valence-corrected chi connectivity index (χ1v) is 19.4. The maximum Gasteiger partial charge on any atom is 0.363 e. The number of benzene rings is 1. The van der Waals surface area contributed by atoms with Crippen LogP contribution in [0.15, 0.2) is 85.5 Å². The Morgan fingerprint density at radius 2 is 1.13 bits per heavy atom. The minimum Gasteiger partial charge on any atom is -0.358 e. The number of pyridine rings is 2. The number of nitrogens with zero attached hydrogens (tertiary/aromatic N) is 12. The fraction of sp³-hybridized carbons (Fsp3) is 0.368. The van der Waals surface area contributed by atoms with Gasteiger partial charge in [-0.15, -0.1) is 21.5 Å². The van der Waals surface area contributed by atoms with Crippen molar-refractivity contribution in [2.75, 3.05) is 39.3 Å². The monoisotopic (exact) mass is 758 g/mol. The Bertz CT molecular complexity index is 2310. The zero-order valence-electron chi connectivity index (χ0n) is 29.9. The molecule has 6 aromatic rings. The number of nitro groups is 2. The fourth-order valence-corrected chi connectivity index (χ4v) is 9.33. The highest BCUT2D eigenvalue weighted by atomic mass is 32.1. The summed E-state index contributed by atoms with van der Waals surface area (Å²) < 4.78 is 4.07. The van der Waals surface area contributed by atoms with Crippen molar-refractivity contribution in [3.8, 4) is 43.4 Å². The molecule has 0 unspecified atom stereocenters. The number of aromatic nitrogens is 8. The van der Waals surface area contributed by atoms with Gasteiger partial charge in [0.15, 0.2) is 0 Å². The first-order valence-electron chi connectivity index (χ1n) is 18.6. The highest BCUT2D eigenvalue weighted by molar-refractivity contribution is 7.18. The largest absolute Gasteiger partial charge is 0.363 e. The Morgan fingerprint density at radius 3 is 1.65 bits per heavy atom. The first kappa shape index (κ1) is 35.0. The summed E-state index contributed by atoms with van der Waals surface area (Å²) in [6.45, 7) is 6.95. The third kappa shape index (κ3) is 7.25. The molecule has 6 fully saturated rings. The molecular weight excluding hydrogens is 721 g/mol. The van der Waals surface area contributed by atoms with Crippen LogP contribution in [0.2, 0.25) is 0 Å². The molecule has 0 radical (unpaired) electrons. The Kier molecular flexibility index (Phi) is 9.41. The normalized spacial score (nSPS) is 23.9. The van der Waals surface area contributed by atoms with Gasteiger partial charge in [0.25, 0.3) is 0 Å². The fourth-order valence-electron chi connectivity index (χ4n) is 8.38. The van der Waals surface area contributed by atoms with Crippen molar-refractivity contribution in [3.05, 3.63) is 106 Å². The Balaban J connectivity index is 0.000000144. The van der Waals surface area contributed by atoms with Gasteiger partial charge < -0.3 is 30.0 Å². The van der Waals surface area contributed by atoms with Gasteiger partial charge in [-0.1, -0.05) is 28.6 Å². The molecule has 0 amide bonds. The smallest absolute Gasteiger partial charge is 0.358 e. The number of piperidine rings is 6. The number of thiophene rings is 1. The second-order valence-electron chi connectivity index (χ2n) is 14.6. The summed E-state index contributed by atoms with van der Waals surface area (Å²) in [6, 6.07) is 19.1. The number of rotatable bonds is 8. The van der Waals surface area contributed by atoms with Gasteiger partial charge in [-0.25, -0.2) is 9.36 Å². The minimum atomic E-state index is -0.493. The molecule has 6 saturated heterocycles. The second-order valence-corrected chi connectivity index (χ2v) is 15.7. The molecule has 11 heterocycles. The second kappa shape index (κ2) is 14.8. The van der Waals surface area contributed by atoms with Gasteiger partial charge in [-0.2, -0.15) is 0 Å². The Morgan fingerprint density at radius 1 is 0.600 bits per heavy atom. The van der Waals surface area contributed by atoms with Crippen molar-refractivity contribution in [1.29, 1.82) is 0 Å². The molecule has 0 saturated carbocycles. The van der Waals surface area contributed by atoms with Gasteiger partial charge in [0.05, 0.1) is 29.4 Å². The van der Waals surface area contributed by atoms with Crippen molar-refractivity contribution in [3.63, 3.8) is 0 Å². The lowest BCUT2D eigenvalue weighted by Gasteiger charge is -2.44. The first-order chi connectivity index (χ1) is 26.8. The maximum atomic E-state index is 10.8. The molecule has 16 nitrogen and oxygen atoms in total. The molecule has 0 N–H and O–H groups in total. The summed E-state index contributed by atoms with van der Waals surface area (Å²) in [5.41, 5.74) is 5.32. The van der Waals surface area contributed by atoms with E-state index in [-0.39, 0.29) is 11.6 Å². The molecule has 1 aromatic carbocycles. The van der Waals surface area contributed by atoms with Crippen LogP contribution in [-0.4, -0.2) is 98.9 Å². The van der Waals surface area contributed by atoms with E-state index in [0.29, 0.717) is 23.9 Å². The Labute approximate surface area is 319 Å². The van der Waals surface area contributed by atoms with Gasteiger partial charge in [-0.05, 0) is 119 Å². The lowest BCUT2D eigenvalue weighted by Crippen LogP contribution is -2.48. The molecule has 6 aliphatic heterocycles. The summed E-state index contributed by atoms with van der Waals surface area (Å²) in [5, 5.41) is 39.2. The molecule has 0 spiro atoms. The molecule has 0 aliphatic carbocycles. The van der Waals surface area contributed by atoms with Crippen LogP contribution >= 0.6 is 11.3 Å². The van der Waals surface area contributed by atoms with Crippen LogP contribution < -0.4 is 0 Å². The van der Waals surface area contributed by atoms with Crippen molar-refractivity contribution in [2.45, 2.75) is 37.8 Å². The van der Waals surface area contributed by atoms with E-state index in [2.05, 4.69) is 46.6 Å². The summed E-state index contributed by atoms with van der Waals surface area (Å²) >= 11 is 1.59. The molecule has 4 bridgehead atoms. The van der Waals surface area contributed by atoms with Gasteiger partial charge >= 0.3 is 11.6 Å². The van der Waals surface area contributed by atoms with Crippen LogP contribution in [-0.2, 0) is 0 Å². The highest BCUT2D eigenvalue weighted by Crippen LogP contribution is 2.38. The molecular formula is C38H38N12O4S. The molecule has 5 aromatic heterocycles.